The van der Waals surface area contributed by atoms with Crippen LogP contribution in [0, 0.1) is 5.92 Å². The van der Waals surface area contributed by atoms with Crippen molar-refractivity contribution in [2.75, 3.05) is 11.9 Å². The third-order valence-electron chi connectivity index (χ3n) is 3.25. The summed E-state index contributed by atoms with van der Waals surface area (Å²) in [7, 11) is 0. The number of benzene rings is 1. The second kappa shape index (κ2) is 8.33. The minimum Gasteiger partial charge on any atom is -0.330 e. The third-order valence-corrected chi connectivity index (χ3v) is 3.74. The summed E-state index contributed by atoms with van der Waals surface area (Å²) >= 11 is 3.45. The Morgan fingerprint density at radius 2 is 2.16 bits per heavy atom. The molecule has 1 aromatic carbocycles. The molecular weight excluding hydrogens is 304 g/mol. The normalized spacial score (nSPS) is 12.2. The monoisotopic (exact) mass is 326 g/mol. The number of amides is 1. The number of hydrogen-bond donors (Lipinski definition) is 2. The molecule has 0 aliphatic heterocycles. The Kier molecular flexibility index (Phi) is 7.10. The summed E-state index contributed by atoms with van der Waals surface area (Å²) in [6, 6.07) is 5.95. The lowest BCUT2D eigenvalue weighted by Gasteiger charge is -2.12. The number of carbonyl (C=O) groups excluding carboxylic acids is 1. The Bertz CT molecular complexity index is 421. The Labute approximate surface area is 124 Å². The molecule has 0 bridgehead atoms. The zero-order valence-corrected chi connectivity index (χ0v) is 13.3. The standard InChI is InChI=1S/C15H23BrN2O/c1-3-12-10-13(16)5-6-14(12)18-15(19)7-4-11(2)8-9-17/h5-6,10-11H,3-4,7-9,17H2,1-2H3,(H,18,19). The van der Waals surface area contributed by atoms with E-state index in [1.54, 1.807) is 0 Å². The molecule has 3 N–H and O–H groups in total. The van der Waals surface area contributed by atoms with Gasteiger partial charge >= 0.3 is 0 Å². The van der Waals surface area contributed by atoms with Crippen molar-refractivity contribution in [3.05, 3.63) is 28.2 Å². The van der Waals surface area contributed by atoms with Crippen LogP contribution in [0.25, 0.3) is 0 Å². The smallest absolute Gasteiger partial charge is 0.224 e. The minimum absolute atomic E-state index is 0.0842. The Balaban J connectivity index is 2.52. The van der Waals surface area contributed by atoms with E-state index in [1.807, 2.05) is 18.2 Å². The van der Waals surface area contributed by atoms with Crippen molar-refractivity contribution in [1.29, 1.82) is 0 Å². The van der Waals surface area contributed by atoms with Gasteiger partial charge in [0.15, 0.2) is 0 Å². The van der Waals surface area contributed by atoms with Gasteiger partial charge < -0.3 is 11.1 Å². The first-order valence-corrected chi connectivity index (χ1v) is 7.64. The molecule has 3 nitrogen and oxygen atoms in total. The molecule has 0 aliphatic carbocycles. The molecule has 0 radical (unpaired) electrons. The van der Waals surface area contributed by atoms with Crippen molar-refractivity contribution in [2.24, 2.45) is 11.7 Å². The molecule has 0 saturated carbocycles. The maximum atomic E-state index is 11.9. The molecule has 19 heavy (non-hydrogen) atoms. The fourth-order valence-electron chi connectivity index (χ4n) is 2.00. The molecule has 1 amide bonds. The van der Waals surface area contributed by atoms with E-state index in [0.717, 1.165) is 35.0 Å². The average Bonchev–Trinajstić information content (AvgIpc) is 2.39. The zero-order chi connectivity index (χ0) is 14.3. The van der Waals surface area contributed by atoms with Gasteiger partial charge in [-0.2, -0.15) is 0 Å². The summed E-state index contributed by atoms with van der Waals surface area (Å²) in [5.41, 5.74) is 7.58. The molecule has 0 fully saturated rings. The molecule has 1 atom stereocenters. The second-order valence-electron chi connectivity index (χ2n) is 4.92. The molecule has 106 valence electrons. The van der Waals surface area contributed by atoms with Gasteiger partial charge in [-0.05, 0) is 55.5 Å². The van der Waals surface area contributed by atoms with Crippen LogP contribution in [0.4, 0.5) is 5.69 Å². The lowest BCUT2D eigenvalue weighted by Crippen LogP contribution is -2.15. The van der Waals surface area contributed by atoms with E-state index in [2.05, 4.69) is 35.1 Å². The first-order chi connectivity index (χ1) is 9.06. The molecule has 0 aromatic heterocycles. The molecule has 0 heterocycles. The van der Waals surface area contributed by atoms with Crippen molar-refractivity contribution in [1.82, 2.24) is 0 Å². The molecule has 0 spiro atoms. The predicted molar refractivity (Wildman–Crippen MR) is 84.2 cm³/mol. The van der Waals surface area contributed by atoms with Gasteiger partial charge in [0.05, 0.1) is 0 Å². The van der Waals surface area contributed by atoms with Crippen LogP contribution >= 0.6 is 15.9 Å². The van der Waals surface area contributed by atoms with Crippen molar-refractivity contribution < 1.29 is 4.79 Å². The zero-order valence-electron chi connectivity index (χ0n) is 11.7. The van der Waals surface area contributed by atoms with Gasteiger partial charge in [0.1, 0.15) is 0 Å². The molecule has 1 aromatic rings. The van der Waals surface area contributed by atoms with Crippen LogP contribution in [0.1, 0.15) is 38.7 Å². The van der Waals surface area contributed by atoms with E-state index in [4.69, 9.17) is 5.73 Å². The average molecular weight is 327 g/mol. The number of aryl methyl sites for hydroxylation is 1. The molecule has 1 unspecified atom stereocenters. The summed E-state index contributed by atoms with van der Waals surface area (Å²) in [6.45, 7) is 4.91. The summed E-state index contributed by atoms with van der Waals surface area (Å²) in [5.74, 6) is 0.590. The first-order valence-electron chi connectivity index (χ1n) is 6.85. The quantitative estimate of drug-likeness (QED) is 0.802. The number of halogens is 1. The molecular formula is C15H23BrN2O. The van der Waals surface area contributed by atoms with Crippen LogP contribution in [-0.2, 0) is 11.2 Å². The van der Waals surface area contributed by atoms with Crippen molar-refractivity contribution >= 4 is 27.5 Å². The highest BCUT2D eigenvalue weighted by molar-refractivity contribution is 9.10. The van der Waals surface area contributed by atoms with Gasteiger partial charge in [0, 0.05) is 16.6 Å². The highest BCUT2D eigenvalue weighted by Crippen LogP contribution is 2.22. The number of nitrogens with one attached hydrogen (secondary N) is 1. The Hall–Kier alpha value is -0.870. The van der Waals surface area contributed by atoms with E-state index in [9.17, 15) is 4.79 Å². The lowest BCUT2D eigenvalue weighted by molar-refractivity contribution is -0.116. The van der Waals surface area contributed by atoms with Gasteiger partial charge in [0.25, 0.3) is 0 Å². The number of carbonyl (C=O) groups is 1. The Morgan fingerprint density at radius 1 is 1.42 bits per heavy atom. The van der Waals surface area contributed by atoms with Crippen LogP contribution in [0.15, 0.2) is 22.7 Å². The van der Waals surface area contributed by atoms with Crippen LogP contribution in [-0.4, -0.2) is 12.5 Å². The third kappa shape index (κ3) is 5.74. The summed E-state index contributed by atoms with van der Waals surface area (Å²) in [5, 5.41) is 3.00. The van der Waals surface area contributed by atoms with Crippen LogP contribution in [0.5, 0.6) is 0 Å². The largest absolute Gasteiger partial charge is 0.330 e. The topological polar surface area (TPSA) is 55.1 Å². The van der Waals surface area contributed by atoms with Crippen LogP contribution in [0.2, 0.25) is 0 Å². The van der Waals surface area contributed by atoms with Gasteiger partial charge in [-0.3, -0.25) is 4.79 Å². The highest BCUT2D eigenvalue weighted by Gasteiger charge is 2.09. The van der Waals surface area contributed by atoms with Gasteiger partial charge in [-0.15, -0.1) is 0 Å². The van der Waals surface area contributed by atoms with Crippen molar-refractivity contribution in [3.8, 4) is 0 Å². The number of nitrogens with two attached hydrogens (primary N) is 1. The maximum Gasteiger partial charge on any atom is 0.224 e. The van der Waals surface area contributed by atoms with Crippen LogP contribution in [0.3, 0.4) is 0 Å². The van der Waals surface area contributed by atoms with Crippen molar-refractivity contribution in [2.45, 2.75) is 39.5 Å². The fraction of sp³-hybridized carbons (Fsp3) is 0.533. The van der Waals surface area contributed by atoms with Gasteiger partial charge in [-0.1, -0.05) is 29.8 Å². The van der Waals surface area contributed by atoms with E-state index < -0.39 is 0 Å². The van der Waals surface area contributed by atoms with E-state index >= 15 is 0 Å². The summed E-state index contributed by atoms with van der Waals surface area (Å²) in [6.07, 6.45) is 3.33. The Morgan fingerprint density at radius 3 is 2.79 bits per heavy atom. The molecule has 1 rings (SSSR count). The summed E-state index contributed by atoms with van der Waals surface area (Å²) in [4.78, 5) is 11.9. The SMILES string of the molecule is CCc1cc(Br)ccc1NC(=O)CCC(C)CCN. The van der Waals surface area contributed by atoms with Crippen molar-refractivity contribution in [3.63, 3.8) is 0 Å². The van der Waals surface area contributed by atoms with Gasteiger partial charge in [0.2, 0.25) is 5.91 Å². The second-order valence-corrected chi connectivity index (χ2v) is 5.84. The van der Waals surface area contributed by atoms with E-state index in [1.165, 1.54) is 0 Å². The minimum atomic E-state index is 0.0842. The highest BCUT2D eigenvalue weighted by atomic mass is 79.9. The molecule has 0 saturated heterocycles. The molecule has 0 aliphatic rings. The van der Waals surface area contributed by atoms with Gasteiger partial charge in [-0.25, -0.2) is 0 Å². The first kappa shape index (κ1) is 16.2. The number of anilines is 1. The maximum absolute atomic E-state index is 11.9. The summed E-state index contributed by atoms with van der Waals surface area (Å²) < 4.78 is 1.04. The number of hydrogen-bond acceptors (Lipinski definition) is 2. The lowest BCUT2D eigenvalue weighted by atomic mass is 10.0. The van der Waals surface area contributed by atoms with Crippen LogP contribution < -0.4 is 11.1 Å². The predicted octanol–water partition coefficient (Wildman–Crippen LogP) is 3.72. The van der Waals surface area contributed by atoms with E-state index in [-0.39, 0.29) is 5.91 Å². The number of rotatable bonds is 7. The van der Waals surface area contributed by atoms with E-state index in [0.29, 0.717) is 18.9 Å². The molecule has 4 heteroatoms. The fourth-order valence-corrected chi connectivity index (χ4v) is 2.40.